The molecule has 1 aliphatic rings. The van der Waals surface area contributed by atoms with E-state index in [-0.39, 0.29) is 6.09 Å². The third-order valence-electron chi connectivity index (χ3n) is 4.49. The number of amides is 1. The van der Waals surface area contributed by atoms with Crippen molar-refractivity contribution in [3.05, 3.63) is 46.7 Å². The Bertz CT molecular complexity index is 805. The highest BCUT2D eigenvalue weighted by Gasteiger charge is 2.27. The van der Waals surface area contributed by atoms with Crippen LogP contribution in [0.25, 0.3) is 0 Å². The van der Waals surface area contributed by atoms with Crippen LogP contribution in [0.15, 0.2) is 22.9 Å². The zero-order valence-corrected chi connectivity index (χ0v) is 16.1. The molecule has 26 heavy (non-hydrogen) atoms. The fourth-order valence-electron chi connectivity index (χ4n) is 3.07. The second kappa shape index (κ2) is 7.02. The fraction of sp³-hybridized carbons (Fsp3) is 0.500. The van der Waals surface area contributed by atoms with E-state index in [0.29, 0.717) is 19.7 Å². The molecule has 0 radical (unpaired) electrons. The molecule has 0 fully saturated rings. The molecule has 2 heterocycles. The number of aromatic nitrogens is 1. The van der Waals surface area contributed by atoms with Crippen LogP contribution in [-0.4, -0.2) is 28.1 Å². The smallest absolute Gasteiger partial charge is 0.410 e. The van der Waals surface area contributed by atoms with Gasteiger partial charge >= 0.3 is 6.09 Å². The second-order valence-corrected chi connectivity index (χ2v) is 7.63. The van der Waals surface area contributed by atoms with Gasteiger partial charge in [0.25, 0.3) is 0 Å². The van der Waals surface area contributed by atoms with E-state index in [1.165, 1.54) is 12.0 Å². The minimum Gasteiger partial charge on any atom is -0.485 e. The second-order valence-electron chi connectivity index (χ2n) is 7.63. The van der Waals surface area contributed by atoms with Crippen molar-refractivity contribution in [2.24, 2.45) is 0 Å². The molecule has 1 aliphatic heterocycles. The first-order chi connectivity index (χ1) is 12.2. The highest BCUT2D eigenvalue weighted by Crippen LogP contribution is 2.30. The lowest BCUT2D eigenvalue weighted by Gasteiger charge is -2.32. The van der Waals surface area contributed by atoms with Gasteiger partial charge in [0.2, 0.25) is 0 Å². The Morgan fingerprint density at radius 1 is 1.31 bits per heavy atom. The number of hydrogen-bond acceptors (Lipinski definition) is 5. The lowest BCUT2D eigenvalue weighted by atomic mass is 9.94. The molecule has 1 amide bonds. The number of benzene rings is 1. The summed E-state index contributed by atoms with van der Waals surface area (Å²) in [7, 11) is 0. The summed E-state index contributed by atoms with van der Waals surface area (Å²) in [5.74, 6) is 1.57. The van der Waals surface area contributed by atoms with E-state index in [1.807, 2.05) is 39.8 Å². The Labute approximate surface area is 154 Å². The summed E-state index contributed by atoms with van der Waals surface area (Å²) in [6, 6.07) is 3.99. The molecule has 3 rings (SSSR count). The van der Waals surface area contributed by atoms with Gasteiger partial charge in [-0.05, 0) is 63.8 Å². The van der Waals surface area contributed by atoms with Gasteiger partial charge in [0, 0.05) is 13.1 Å². The van der Waals surface area contributed by atoms with Gasteiger partial charge in [-0.1, -0.05) is 6.07 Å². The Hall–Kier alpha value is -2.50. The summed E-state index contributed by atoms with van der Waals surface area (Å²) < 4.78 is 16.7. The number of rotatable bonds is 3. The van der Waals surface area contributed by atoms with E-state index in [1.54, 1.807) is 4.90 Å². The first-order valence-corrected chi connectivity index (χ1v) is 8.85. The molecule has 0 unspecified atom stereocenters. The van der Waals surface area contributed by atoms with Gasteiger partial charge in [-0.25, -0.2) is 9.78 Å². The molecule has 140 valence electrons. The first-order valence-electron chi connectivity index (χ1n) is 8.85. The molecule has 2 aromatic rings. The van der Waals surface area contributed by atoms with Crippen molar-refractivity contribution in [2.75, 3.05) is 6.54 Å². The molecule has 0 spiro atoms. The number of aryl methyl sites for hydroxylation is 1. The number of oxazole rings is 1. The van der Waals surface area contributed by atoms with Gasteiger partial charge in [0.1, 0.15) is 18.0 Å². The Balaban J connectivity index is 1.70. The van der Waals surface area contributed by atoms with Gasteiger partial charge < -0.3 is 18.8 Å². The average Bonchev–Trinajstić information content (AvgIpc) is 2.97. The minimum absolute atomic E-state index is 0.262. The standard InChI is InChI=1S/C20H26N2O4/c1-13-16-8-9-22(19(23)26-20(3,4)5)10-15(16)6-7-17(13)24-11-18-14(2)21-12-25-18/h6-7,12H,8-11H2,1-5H3. The lowest BCUT2D eigenvalue weighted by molar-refractivity contribution is 0.0223. The maximum atomic E-state index is 12.3. The van der Waals surface area contributed by atoms with Gasteiger partial charge in [0.05, 0.1) is 5.69 Å². The van der Waals surface area contributed by atoms with Crippen LogP contribution in [0.1, 0.15) is 48.9 Å². The molecule has 0 bridgehead atoms. The normalized spacial score (nSPS) is 14.1. The maximum Gasteiger partial charge on any atom is 0.410 e. The molecule has 0 saturated carbocycles. The number of carbonyl (C=O) groups is 1. The minimum atomic E-state index is -0.482. The van der Waals surface area contributed by atoms with E-state index in [9.17, 15) is 4.79 Å². The van der Waals surface area contributed by atoms with E-state index < -0.39 is 5.60 Å². The van der Waals surface area contributed by atoms with E-state index >= 15 is 0 Å². The summed E-state index contributed by atoms with van der Waals surface area (Å²) in [5, 5.41) is 0. The van der Waals surface area contributed by atoms with Crippen molar-refractivity contribution >= 4 is 6.09 Å². The third-order valence-corrected chi connectivity index (χ3v) is 4.49. The fourth-order valence-corrected chi connectivity index (χ4v) is 3.07. The quantitative estimate of drug-likeness (QED) is 0.824. The van der Waals surface area contributed by atoms with Gasteiger partial charge in [-0.2, -0.15) is 0 Å². The summed E-state index contributed by atoms with van der Waals surface area (Å²) in [6.07, 6.45) is 1.96. The lowest BCUT2D eigenvalue weighted by Crippen LogP contribution is -2.40. The predicted octanol–water partition coefficient (Wildman–Crippen LogP) is 4.16. The zero-order valence-electron chi connectivity index (χ0n) is 16.1. The highest BCUT2D eigenvalue weighted by atomic mass is 16.6. The molecule has 1 aromatic carbocycles. The number of carbonyl (C=O) groups excluding carboxylic acids is 1. The van der Waals surface area contributed by atoms with Crippen LogP contribution in [0.2, 0.25) is 0 Å². The number of nitrogens with zero attached hydrogens (tertiary/aromatic N) is 2. The molecular weight excluding hydrogens is 332 g/mol. The Morgan fingerprint density at radius 3 is 2.73 bits per heavy atom. The van der Waals surface area contributed by atoms with E-state index in [2.05, 4.69) is 11.9 Å². The van der Waals surface area contributed by atoms with Crippen LogP contribution in [0.4, 0.5) is 4.79 Å². The molecule has 1 aromatic heterocycles. The monoisotopic (exact) mass is 358 g/mol. The molecule has 0 aliphatic carbocycles. The van der Waals surface area contributed by atoms with Crippen molar-refractivity contribution in [1.29, 1.82) is 0 Å². The summed E-state index contributed by atoms with van der Waals surface area (Å²) in [6.45, 7) is 11.2. The Kier molecular flexibility index (Phi) is 4.94. The molecular formula is C20H26N2O4. The molecule has 6 nitrogen and oxygen atoms in total. The number of hydrogen-bond donors (Lipinski definition) is 0. The zero-order chi connectivity index (χ0) is 18.9. The van der Waals surface area contributed by atoms with E-state index in [4.69, 9.17) is 13.9 Å². The van der Waals surface area contributed by atoms with Crippen molar-refractivity contribution in [3.8, 4) is 5.75 Å². The van der Waals surface area contributed by atoms with E-state index in [0.717, 1.165) is 34.8 Å². The average molecular weight is 358 g/mol. The van der Waals surface area contributed by atoms with Crippen molar-refractivity contribution in [2.45, 2.75) is 59.8 Å². The first kappa shape index (κ1) is 18.3. The van der Waals surface area contributed by atoms with Gasteiger partial charge in [-0.3, -0.25) is 0 Å². The van der Waals surface area contributed by atoms with Crippen molar-refractivity contribution < 1.29 is 18.7 Å². The number of ether oxygens (including phenoxy) is 2. The highest BCUT2D eigenvalue weighted by molar-refractivity contribution is 5.69. The SMILES string of the molecule is Cc1ncoc1COc1ccc2c(c1C)CCN(C(=O)OC(C)(C)C)C2. The van der Waals surface area contributed by atoms with Crippen LogP contribution < -0.4 is 4.74 Å². The molecule has 0 saturated heterocycles. The maximum absolute atomic E-state index is 12.3. The largest absolute Gasteiger partial charge is 0.485 e. The van der Waals surface area contributed by atoms with Gasteiger partial charge in [0.15, 0.2) is 12.2 Å². The summed E-state index contributed by atoms with van der Waals surface area (Å²) >= 11 is 0. The summed E-state index contributed by atoms with van der Waals surface area (Å²) in [5.41, 5.74) is 3.86. The predicted molar refractivity (Wildman–Crippen MR) is 97.1 cm³/mol. The van der Waals surface area contributed by atoms with Crippen LogP contribution in [0, 0.1) is 13.8 Å². The third kappa shape index (κ3) is 4.00. The topological polar surface area (TPSA) is 64.8 Å². The van der Waals surface area contributed by atoms with Crippen molar-refractivity contribution in [3.63, 3.8) is 0 Å². The van der Waals surface area contributed by atoms with Crippen LogP contribution >= 0.6 is 0 Å². The summed E-state index contributed by atoms with van der Waals surface area (Å²) in [4.78, 5) is 18.1. The van der Waals surface area contributed by atoms with Crippen LogP contribution in [-0.2, 0) is 24.3 Å². The van der Waals surface area contributed by atoms with Gasteiger partial charge in [-0.15, -0.1) is 0 Å². The van der Waals surface area contributed by atoms with Crippen molar-refractivity contribution in [1.82, 2.24) is 9.88 Å². The number of fused-ring (bicyclic) bond motifs is 1. The molecule has 0 atom stereocenters. The molecule has 6 heteroatoms. The van der Waals surface area contributed by atoms with Crippen LogP contribution in [0.3, 0.4) is 0 Å². The Morgan fingerprint density at radius 2 is 2.08 bits per heavy atom. The van der Waals surface area contributed by atoms with Crippen LogP contribution in [0.5, 0.6) is 5.75 Å². The molecule has 0 N–H and O–H groups in total.